The van der Waals surface area contributed by atoms with E-state index in [0.717, 1.165) is 15.9 Å². The number of rotatable bonds is 10. The highest BCUT2D eigenvalue weighted by atomic mass is 32.2. The van der Waals surface area contributed by atoms with Gasteiger partial charge in [-0.25, -0.2) is 17.9 Å². The minimum Gasteiger partial charge on any atom is -0.378 e. The van der Waals surface area contributed by atoms with Crippen LogP contribution in [0.15, 0.2) is 122 Å². The molecule has 0 bridgehead atoms. The average molecular weight is 773 g/mol. The zero-order valence-corrected chi connectivity index (χ0v) is 31.1. The highest BCUT2D eigenvalue weighted by Gasteiger charge is 2.44. The van der Waals surface area contributed by atoms with Gasteiger partial charge in [-0.15, -0.1) is 22.4 Å². The third kappa shape index (κ3) is 16.8. The molecule has 0 amide bonds. The molecule has 284 valence electrons. The highest BCUT2D eigenvalue weighted by Crippen LogP contribution is 2.25. The highest BCUT2D eigenvalue weighted by molar-refractivity contribution is 7.92. The van der Waals surface area contributed by atoms with Crippen LogP contribution in [0, 0.1) is 0 Å². The summed E-state index contributed by atoms with van der Waals surface area (Å²) in [6, 6.07) is 37.4. The Morgan fingerprint density at radius 3 is 1.17 bits per heavy atom. The number of nitrogens with one attached hydrogen (secondary N) is 2. The van der Waals surface area contributed by atoms with Crippen LogP contribution in [0.3, 0.4) is 0 Å². The molecular formula is C36H42F6N4O4S2. The van der Waals surface area contributed by atoms with Crippen molar-refractivity contribution in [2.75, 3.05) is 52.1 Å². The molecule has 0 aliphatic rings. The number of benzene rings is 4. The van der Waals surface area contributed by atoms with E-state index in [4.69, 9.17) is 0 Å². The minimum absolute atomic E-state index is 0.343. The third-order valence-electron chi connectivity index (χ3n) is 6.53. The molecule has 0 aliphatic carbocycles. The van der Waals surface area contributed by atoms with Gasteiger partial charge in [-0.1, -0.05) is 98.1 Å². The van der Waals surface area contributed by atoms with Crippen molar-refractivity contribution < 1.29 is 44.0 Å². The largest absolute Gasteiger partial charge is 0.550 e. The predicted octanol–water partition coefficient (Wildman–Crippen LogP) is 8.92. The van der Waals surface area contributed by atoms with E-state index in [9.17, 15) is 34.8 Å². The van der Waals surface area contributed by atoms with Crippen LogP contribution in [0.1, 0.15) is 22.3 Å². The second-order valence-corrected chi connectivity index (χ2v) is 13.2. The maximum absolute atomic E-state index is 11.2. The molecule has 0 fully saturated rings. The summed E-state index contributed by atoms with van der Waals surface area (Å²) in [6.07, 6.45) is -4.73. The first-order valence-electron chi connectivity index (χ1n) is 15.0. The summed E-state index contributed by atoms with van der Waals surface area (Å²) in [7, 11) is 5.18. The fourth-order valence-electron chi connectivity index (χ4n) is 3.74. The van der Waals surface area contributed by atoms with Gasteiger partial charge in [0.05, 0.1) is 0 Å². The lowest BCUT2D eigenvalue weighted by atomic mass is 9.99. The van der Waals surface area contributed by atoms with Crippen LogP contribution in [0.4, 0.5) is 37.7 Å². The molecule has 4 rings (SSSR count). The zero-order chi connectivity index (χ0) is 39.5. The lowest BCUT2D eigenvalue weighted by molar-refractivity contribution is -0.440. The first-order chi connectivity index (χ1) is 24.2. The Bertz CT molecular complexity index is 1640. The van der Waals surface area contributed by atoms with Crippen LogP contribution >= 0.6 is 12.2 Å². The molecule has 4 aromatic carbocycles. The Morgan fingerprint density at radius 1 is 0.615 bits per heavy atom. The van der Waals surface area contributed by atoms with Crippen molar-refractivity contribution in [3.8, 4) is 0 Å². The molecule has 0 heterocycles. The van der Waals surface area contributed by atoms with Crippen molar-refractivity contribution >= 4 is 44.8 Å². The van der Waals surface area contributed by atoms with Crippen LogP contribution < -0.4 is 19.2 Å². The molecule has 0 aromatic heterocycles. The summed E-state index contributed by atoms with van der Waals surface area (Å²) in [6.45, 7) is 8.31. The van der Waals surface area contributed by atoms with Gasteiger partial charge < -0.3 is 9.80 Å². The molecule has 52 heavy (non-hydrogen) atoms. The summed E-state index contributed by atoms with van der Waals surface area (Å²) in [4.78, 5) is 7.05. The summed E-state index contributed by atoms with van der Waals surface area (Å²) in [5, 5.41) is 0. The summed E-state index contributed by atoms with van der Waals surface area (Å²) in [5.74, 6) is 0. The van der Waals surface area contributed by atoms with Crippen LogP contribution in [0.2, 0.25) is 0 Å². The molecule has 0 spiro atoms. The number of sulfonamides is 1. The SMILES string of the molecule is C=C(c1ccccc1)c1ccc(N(C)C)cc1.C=C(c1ccccc1)c1ccc(N(C)C)cc1.CNS(=O)(=O)C(F)(F)F.CNSOOC(F)(F)F. The Hall–Kier alpha value is -4.32. The second-order valence-electron chi connectivity index (χ2n) is 10.6. The van der Waals surface area contributed by atoms with Crippen molar-refractivity contribution in [1.82, 2.24) is 9.44 Å². The molecule has 0 unspecified atom stereocenters. The number of alkyl halides is 6. The second kappa shape index (κ2) is 21.9. The number of halogens is 6. The first kappa shape index (κ1) is 45.7. The van der Waals surface area contributed by atoms with Gasteiger partial charge in [-0.3, -0.25) is 0 Å². The third-order valence-corrected chi connectivity index (χ3v) is 7.98. The average Bonchev–Trinajstić information content (AvgIpc) is 3.12. The van der Waals surface area contributed by atoms with Crippen molar-refractivity contribution in [3.05, 3.63) is 145 Å². The van der Waals surface area contributed by atoms with Crippen LogP contribution in [-0.4, -0.2) is 62.6 Å². The van der Waals surface area contributed by atoms with Gasteiger partial charge in [0.1, 0.15) is 12.2 Å². The van der Waals surface area contributed by atoms with Gasteiger partial charge in [-0.2, -0.15) is 13.2 Å². The van der Waals surface area contributed by atoms with E-state index in [0.29, 0.717) is 19.3 Å². The van der Waals surface area contributed by atoms with Crippen molar-refractivity contribution in [2.24, 2.45) is 0 Å². The van der Waals surface area contributed by atoms with Crippen molar-refractivity contribution in [2.45, 2.75) is 11.9 Å². The maximum Gasteiger partial charge on any atom is 0.550 e. The molecular weight excluding hydrogens is 731 g/mol. The van der Waals surface area contributed by atoms with Gasteiger partial charge in [0.25, 0.3) is 0 Å². The molecule has 8 nitrogen and oxygen atoms in total. The van der Waals surface area contributed by atoms with Gasteiger partial charge >= 0.3 is 21.9 Å². The van der Waals surface area contributed by atoms with Crippen molar-refractivity contribution in [3.63, 3.8) is 0 Å². The quantitative estimate of drug-likeness (QED) is 0.0413. The van der Waals surface area contributed by atoms with E-state index < -0.39 is 21.9 Å². The standard InChI is InChI=1S/2C16H17N.2C2H4F3NO2S/c2*1-13(14-7-5-4-6-8-14)15-9-11-16(12-10-15)17(2)3;1-6-9(7,8)2(3,4)5;1-6-9-8-7-2(3,4)5/h2*4-12H,1H2,2-3H3;2*6H,1H3. The van der Waals surface area contributed by atoms with Crippen LogP contribution in [-0.2, 0) is 19.2 Å². The summed E-state index contributed by atoms with van der Waals surface area (Å²) < 4.78 is 93.0. The van der Waals surface area contributed by atoms with E-state index in [1.807, 2.05) is 64.6 Å². The fraction of sp³-hybridized carbons (Fsp3) is 0.222. The summed E-state index contributed by atoms with van der Waals surface area (Å²) in [5.41, 5.74) is 4.02. The fourth-order valence-corrected chi connectivity index (χ4v) is 4.15. The van der Waals surface area contributed by atoms with Gasteiger partial charge in [0, 0.05) is 39.6 Å². The molecule has 0 radical (unpaired) electrons. The van der Waals surface area contributed by atoms with Gasteiger partial charge in [0.15, 0.2) is 0 Å². The number of anilines is 2. The monoisotopic (exact) mass is 772 g/mol. The van der Waals surface area contributed by atoms with E-state index >= 15 is 0 Å². The van der Waals surface area contributed by atoms with Gasteiger partial charge in [-0.05, 0) is 71.8 Å². The lowest BCUT2D eigenvalue weighted by Crippen LogP contribution is -2.33. The smallest absolute Gasteiger partial charge is 0.378 e. The van der Waals surface area contributed by atoms with Gasteiger partial charge in [0.2, 0.25) is 0 Å². The first-order valence-corrected chi connectivity index (χ1v) is 17.2. The predicted molar refractivity (Wildman–Crippen MR) is 200 cm³/mol. The zero-order valence-electron chi connectivity index (χ0n) is 29.4. The molecule has 0 aliphatic heterocycles. The molecule has 0 saturated carbocycles. The molecule has 0 atom stereocenters. The molecule has 2 N–H and O–H groups in total. The van der Waals surface area contributed by atoms with Crippen molar-refractivity contribution in [1.29, 1.82) is 0 Å². The Balaban J connectivity index is 0.000000364. The Labute approximate surface area is 306 Å². The minimum atomic E-state index is -5.19. The van der Waals surface area contributed by atoms with E-state index in [1.165, 1.54) is 40.7 Å². The molecule has 16 heteroatoms. The molecule has 0 saturated heterocycles. The Morgan fingerprint density at radius 2 is 0.942 bits per heavy atom. The summed E-state index contributed by atoms with van der Waals surface area (Å²) >= 11 is 0.343. The number of hydrogen-bond acceptors (Lipinski definition) is 8. The van der Waals surface area contributed by atoms with Crippen LogP contribution in [0.25, 0.3) is 11.1 Å². The maximum atomic E-state index is 11.2. The van der Waals surface area contributed by atoms with E-state index in [2.05, 4.69) is 110 Å². The number of hydrogen-bond donors (Lipinski definition) is 2. The van der Waals surface area contributed by atoms with Crippen LogP contribution in [0.5, 0.6) is 0 Å². The van der Waals surface area contributed by atoms with E-state index in [-0.39, 0.29) is 0 Å². The number of nitrogens with zero attached hydrogens (tertiary/aromatic N) is 2. The molecule has 4 aromatic rings. The lowest BCUT2D eigenvalue weighted by Gasteiger charge is -2.13. The van der Waals surface area contributed by atoms with E-state index in [1.54, 1.807) is 0 Å². The topological polar surface area (TPSA) is 83.1 Å². The Kier molecular flexibility index (Phi) is 19.3. The normalized spacial score (nSPS) is 11.0.